The van der Waals surface area contributed by atoms with E-state index in [0.717, 1.165) is 29.7 Å². The third kappa shape index (κ3) is 4.52. The summed E-state index contributed by atoms with van der Waals surface area (Å²) in [5.41, 5.74) is 1.79. The minimum Gasteiger partial charge on any atom is -0.491 e. The molecule has 7 heteroatoms. The van der Waals surface area contributed by atoms with Crippen molar-refractivity contribution in [2.24, 2.45) is 0 Å². The van der Waals surface area contributed by atoms with Crippen LogP contribution in [-0.2, 0) is 21.4 Å². The van der Waals surface area contributed by atoms with Crippen LogP contribution in [0.3, 0.4) is 0 Å². The number of benzene rings is 2. The summed E-state index contributed by atoms with van der Waals surface area (Å²) in [5.74, 6) is 0.793. The molecule has 6 nitrogen and oxygen atoms in total. The van der Waals surface area contributed by atoms with Crippen LogP contribution in [0.4, 0.5) is 0 Å². The van der Waals surface area contributed by atoms with E-state index in [0.29, 0.717) is 26.0 Å². The lowest BCUT2D eigenvalue weighted by atomic mass is 10.0. The fourth-order valence-electron chi connectivity index (χ4n) is 4.22. The first kappa shape index (κ1) is 20.9. The first-order chi connectivity index (χ1) is 14.4. The Bertz CT molecular complexity index is 976. The van der Waals surface area contributed by atoms with Crippen LogP contribution in [0.5, 0.6) is 5.75 Å². The van der Waals surface area contributed by atoms with E-state index in [2.05, 4.69) is 5.32 Å². The SMILES string of the molecule is C[C@H]1CCC(c2ccccc2)S(=O)(=O)N1Cc1ccc(OCC2CCC(=O)N2)cc1. The number of sulfonamides is 1. The van der Waals surface area contributed by atoms with E-state index in [1.54, 1.807) is 4.31 Å². The van der Waals surface area contributed by atoms with E-state index in [9.17, 15) is 13.2 Å². The number of nitrogens with zero attached hydrogens (tertiary/aromatic N) is 1. The van der Waals surface area contributed by atoms with E-state index in [-0.39, 0.29) is 18.0 Å². The minimum atomic E-state index is -3.44. The lowest BCUT2D eigenvalue weighted by Crippen LogP contribution is -2.44. The summed E-state index contributed by atoms with van der Waals surface area (Å²) in [7, 11) is -3.44. The maximum absolute atomic E-state index is 13.3. The van der Waals surface area contributed by atoms with Gasteiger partial charge in [0.05, 0.1) is 6.04 Å². The van der Waals surface area contributed by atoms with Gasteiger partial charge in [-0.25, -0.2) is 8.42 Å². The zero-order valence-corrected chi connectivity index (χ0v) is 18.0. The van der Waals surface area contributed by atoms with E-state index in [1.165, 1.54) is 0 Å². The number of nitrogens with one attached hydrogen (secondary N) is 1. The second-order valence-electron chi connectivity index (χ2n) is 8.17. The summed E-state index contributed by atoms with van der Waals surface area (Å²) >= 11 is 0. The maximum atomic E-state index is 13.3. The molecule has 0 aromatic heterocycles. The molecule has 0 bridgehead atoms. The zero-order chi connectivity index (χ0) is 21.1. The maximum Gasteiger partial charge on any atom is 0.221 e. The molecule has 2 heterocycles. The highest BCUT2D eigenvalue weighted by Gasteiger charge is 2.40. The Morgan fingerprint density at radius 1 is 1.03 bits per heavy atom. The molecule has 0 radical (unpaired) electrons. The van der Waals surface area contributed by atoms with Crippen molar-refractivity contribution in [3.63, 3.8) is 0 Å². The van der Waals surface area contributed by atoms with Crippen molar-refractivity contribution in [2.75, 3.05) is 6.61 Å². The van der Waals surface area contributed by atoms with Crippen LogP contribution in [0, 0.1) is 0 Å². The van der Waals surface area contributed by atoms with Gasteiger partial charge in [-0.15, -0.1) is 0 Å². The van der Waals surface area contributed by atoms with E-state index < -0.39 is 15.3 Å². The van der Waals surface area contributed by atoms with Crippen LogP contribution >= 0.6 is 0 Å². The molecule has 4 rings (SSSR count). The van der Waals surface area contributed by atoms with Gasteiger partial charge >= 0.3 is 0 Å². The number of hydrogen-bond acceptors (Lipinski definition) is 4. The minimum absolute atomic E-state index is 0.0307. The molecule has 2 unspecified atom stereocenters. The Labute approximate surface area is 178 Å². The van der Waals surface area contributed by atoms with E-state index in [1.807, 2.05) is 61.5 Å². The van der Waals surface area contributed by atoms with Crippen molar-refractivity contribution in [1.29, 1.82) is 0 Å². The topological polar surface area (TPSA) is 75.7 Å². The van der Waals surface area contributed by atoms with Crippen molar-refractivity contribution < 1.29 is 17.9 Å². The van der Waals surface area contributed by atoms with Crippen molar-refractivity contribution in [3.8, 4) is 5.75 Å². The Morgan fingerprint density at radius 3 is 2.43 bits per heavy atom. The predicted octanol–water partition coefficient (Wildman–Crippen LogP) is 3.40. The van der Waals surface area contributed by atoms with Gasteiger partial charge in [-0.05, 0) is 49.4 Å². The molecule has 2 aliphatic rings. The summed E-state index contributed by atoms with van der Waals surface area (Å²) in [6.07, 6.45) is 2.84. The highest BCUT2D eigenvalue weighted by molar-refractivity contribution is 7.89. The van der Waals surface area contributed by atoms with Gasteiger partial charge in [-0.1, -0.05) is 42.5 Å². The van der Waals surface area contributed by atoms with Gasteiger partial charge in [0.15, 0.2) is 0 Å². The largest absolute Gasteiger partial charge is 0.491 e. The summed E-state index contributed by atoms with van der Waals surface area (Å²) in [5, 5.41) is 2.40. The molecular formula is C23H28N2O4S. The number of hydrogen-bond donors (Lipinski definition) is 1. The summed E-state index contributed by atoms with van der Waals surface area (Å²) in [6.45, 7) is 2.78. The molecule has 2 aromatic rings. The third-order valence-corrected chi connectivity index (χ3v) is 8.36. The highest BCUT2D eigenvalue weighted by Crippen LogP contribution is 2.38. The van der Waals surface area contributed by atoms with Crippen LogP contribution in [0.15, 0.2) is 54.6 Å². The van der Waals surface area contributed by atoms with Gasteiger partial charge in [0.1, 0.15) is 17.6 Å². The van der Waals surface area contributed by atoms with Crippen LogP contribution < -0.4 is 10.1 Å². The van der Waals surface area contributed by atoms with E-state index in [4.69, 9.17) is 4.74 Å². The molecule has 2 saturated heterocycles. The number of carbonyl (C=O) groups excluding carboxylic acids is 1. The standard InChI is InChI=1S/C23H28N2O4S/c1-17-7-13-22(19-5-3-2-4-6-19)30(27,28)25(17)15-18-8-11-21(12-9-18)29-16-20-10-14-23(26)24-20/h2-6,8-9,11-12,17,20,22H,7,10,13-16H2,1H3,(H,24,26)/t17-,20?,22?/m0/s1. The van der Waals surface area contributed by atoms with Crippen molar-refractivity contribution in [3.05, 3.63) is 65.7 Å². The van der Waals surface area contributed by atoms with Crippen molar-refractivity contribution >= 4 is 15.9 Å². The average molecular weight is 429 g/mol. The van der Waals surface area contributed by atoms with Gasteiger partial charge in [0.2, 0.25) is 15.9 Å². The van der Waals surface area contributed by atoms with Crippen LogP contribution in [0.1, 0.15) is 49.0 Å². The third-order valence-electron chi connectivity index (χ3n) is 5.99. The van der Waals surface area contributed by atoms with Crippen LogP contribution in [0.25, 0.3) is 0 Å². The number of ether oxygens (including phenoxy) is 1. The molecule has 3 atom stereocenters. The van der Waals surface area contributed by atoms with Crippen LogP contribution in [-0.4, -0.2) is 37.3 Å². The Kier molecular flexibility index (Phi) is 6.11. The fourth-order valence-corrected chi connectivity index (χ4v) is 6.42. The Hall–Kier alpha value is -2.38. The number of amides is 1. The first-order valence-corrected chi connectivity index (χ1v) is 12.0. The van der Waals surface area contributed by atoms with Gasteiger partial charge in [0, 0.05) is 19.0 Å². The molecule has 2 fully saturated rings. The van der Waals surface area contributed by atoms with Gasteiger partial charge in [-0.3, -0.25) is 4.79 Å². The molecule has 0 spiro atoms. The molecule has 0 aliphatic carbocycles. The molecular weight excluding hydrogens is 400 g/mol. The zero-order valence-electron chi connectivity index (χ0n) is 17.2. The second kappa shape index (κ2) is 8.78. The lowest BCUT2D eigenvalue weighted by Gasteiger charge is -2.37. The first-order valence-electron chi connectivity index (χ1n) is 10.5. The lowest BCUT2D eigenvalue weighted by molar-refractivity contribution is -0.119. The molecule has 2 aliphatic heterocycles. The molecule has 2 aromatic carbocycles. The summed E-state index contributed by atoms with van der Waals surface area (Å²) in [6, 6.07) is 17.1. The number of rotatable bonds is 6. The summed E-state index contributed by atoms with van der Waals surface area (Å²) in [4.78, 5) is 11.3. The highest BCUT2D eigenvalue weighted by atomic mass is 32.2. The molecule has 30 heavy (non-hydrogen) atoms. The Balaban J connectivity index is 1.42. The number of carbonyl (C=O) groups is 1. The predicted molar refractivity (Wildman–Crippen MR) is 115 cm³/mol. The second-order valence-corrected chi connectivity index (χ2v) is 10.2. The monoisotopic (exact) mass is 428 g/mol. The fraction of sp³-hybridized carbons (Fsp3) is 0.435. The smallest absolute Gasteiger partial charge is 0.221 e. The molecule has 0 saturated carbocycles. The van der Waals surface area contributed by atoms with Gasteiger partial charge in [0.25, 0.3) is 0 Å². The van der Waals surface area contributed by atoms with Crippen molar-refractivity contribution in [2.45, 2.75) is 56.5 Å². The quantitative estimate of drug-likeness (QED) is 0.765. The van der Waals surface area contributed by atoms with E-state index >= 15 is 0 Å². The van der Waals surface area contributed by atoms with Crippen molar-refractivity contribution in [1.82, 2.24) is 9.62 Å². The molecule has 160 valence electrons. The van der Waals surface area contributed by atoms with Crippen LogP contribution in [0.2, 0.25) is 0 Å². The normalized spacial score (nSPS) is 26.3. The summed E-state index contributed by atoms with van der Waals surface area (Å²) < 4.78 is 34.1. The molecule has 1 N–H and O–H groups in total. The van der Waals surface area contributed by atoms with Gasteiger partial charge in [-0.2, -0.15) is 4.31 Å². The Morgan fingerprint density at radius 2 is 1.77 bits per heavy atom. The molecule has 1 amide bonds. The average Bonchev–Trinajstić information content (AvgIpc) is 3.16. The van der Waals surface area contributed by atoms with Gasteiger partial charge < -0.3 is 10.1 Å².